The van der Waals surface area contributed by atoms with Gasteiger partial charge in [0.1, 0.15) is 0 Å². The maximum Gasteiger partial charge on any atom is 0.271 e. The topological polar surface area (TPSA) is 111 Å². The van der Waals surface area contributed by atoms with E-state index in [1.807, 2.05) is 10.9 Å². The summed E-state index contributed by atoms with van der Waals surface area (Å²) in [6.07, 6.45) is 8.21. The number of aromatic nitrogens is 4. The van der Waals surface area contributed by atoms with Crippen LogP contribution >= 0.6 is 0 Å². The smallest absolute Gasteiger partial charge is 0.271 e. The molecule has 2 aromatic heterocycles. The molecule has 2 heterocycles. The summed E-state index contributed by atoms with van der Waals surface area (Å²) in [5.41, 5.74) is 6.36. The first-order chi connectivity index (χ1) is 14.5. The van der Waals surface area contributed by atoms with Gasteiger partial charge in [0.05, 0.1) is 23.6 Å². The molecule has 30 heavy (non-hydrogen) atoms. The predicted octanol–water partition coefficient (Wildman–Crippen LogP) is 3.52. The Morgan fingerprint density at radius 3 is 2.80 bits per heavy atom. The Kier molecular flexibility index (Phi) is 5.55. The number of primary amides is 1. The van der Waals surface area contributed by atoms with Crippen molar-refractivity contribution in [3.63, 3.8) is 0 Å². The van der Waals surface area contributed by atoms with E-state index in [9.17, 15) is 13.6 Å². The van der Waals surface area contributed by atoms with Gasteiger partial charge in [0.15, 0.2) is 23.1 Å². The highest BCUT2D eigenvalue weighted by molar-refractivity contribution is 5.96. The van der Waals surface area contributed by atoms with E-state index in [1.165, 1.54) is 31.0 Å². The first-order valence-electron chi connectivity index (χ1n) is 9.66. The molecule has 1 amide bonds. The fourth-order valence-electron chi connectivity index (χ4n) is 3.56. The van der Waals surface area contributed by atoms with E-state index in [0.29, 0.717) is 11.9 Å². The summed E-state index contributed by atoms with van der Waals surface area (Å²) in [4.78, 5) is 11.7. The molecule has 1 saturated carbocycles. The molecule has 8 nitrogen and oxygen atoms in total. The van der Waals surface area contributed by atoms with Crippen molar-refractivity contribution < 1.29 is 13.6 Å². The van der Waals surface area contributed by atoms with Gasteiger partial charge < -0.3 is 16.4 Å². The van der Waals surface area contributed by atoms with Crippen LogP contribution in [0, 0.1) is 11.6 Å². The van der Waals surface area contributed by atoms with E-state index in [1.54, 1.807) is 6.20 Å². The highest BCUT2D eigenvalue weighted by Crippen LogP contribution is 2.30. The van der Waals surface area contributed by atoms with Crippen molar-refractivity contribution in [2.24, 2.45) is 5.73 Å². The average molecular weight is 413 g/mol. The summed E-state index contributed by atoms with van der Waals surface area (Å²) < 4.78 is 29.3. The number of hydrogen-bond acceptors (Lipinski definition) is 6. The number of amides is 1. The lowest BCUT2D eigenvalue weighted by molar-refractivity contribution is 0.0995. The standard InChI is InChI=1S/C20H21F2N7O/c21-15-7-3-4-12(18(15)22)9-24-16-8-17(27-28-19(16)20(23)30)26-13-10-25-29(11-13)14-5-1-2-6-14/h3-4,7-8,10-11,14H,1-2,5-6,9H2,(H2,23,30)(H2,24,26,27). The van der Waals surface area contributed by atoms with Crippen molar-refractivity contribution >= 4 is 23.1 Å². The zero-order valence-electron chi connectivity index (χ0n) is 16.1. The number of benzene rings is 1. The Balaban J connectivity index is 1.52. The molecule has 1 aliphatic rings. The number of nitrogens with zero attached hydrogens (tertiary/aromatic N) is 4. The SMILES string of the molecule is NC(=O)c1nnc(Nc2cnn(C3CCCC3)c2)cc1NCc1cccc(F)c1F. The third-order valence-corrected chi connectivity index (χ3v) is 5.10. The Morgan fingerprint density at radius 2 is 2.03 bits per heavy atom. The molecule has 1 aromatic carbocycles. The zero-order valence-corrected chi connectivity index (χ0v) is 16.1. The molecule has 0 atom stereocenters. The molecule has 0 saturated heterocycles. The van der Waals surface area contributed by atoms with Gasteiger partial charge in [0.25, 0.3) is 5.91 Å². The van der Waals surface area contributed by atoms with Crippen LogP contribution in [0.15, 0.2) is 36.7 Å². The van der Waals surface area contributed by atoms with Crippen LogP contribution in [-0.4, -0.2) is 25.9 Å². The maximum absolute atomic E-state index is 13.9. The van der Waals surface area contributed by atoms with Crippen LogP contribution in [0.4, 0.5) is 26.0 Å². The van der Waals surface area contributed by atoms with Gasteiger partial charge in [-0.3, -0.25) is 9.48 Å². The van der Waals surface area contributed by atoms with Crippen LogP contribution in [0.2, 0.25) is 0 Å². The van der Waals surface area contributed by atoms with Crippen molar-refractivity contribution in [3.8, 4) is 0 Å². The van der Waals surface area contributed by atoms with Crippen LogP contribution in [0.3, 0.4) is 0 Å². The number of rotatable bonds is 7. The molecular weight excluding hydrogens is 392 g/mol. The number of nitrogens with one attached hydrogen (secondary N) is 2. The highest BCUT2D eigenvalue weighted by atomic mass is 19.2. The van der Waals surface area contributed by atoms with Crippen LogP contribution in [-0.2, 0) is 6.54 Å². The van der Waals surface area contributed by atoms with Crippen molar-refractivity contribution in [1.29, 1.82) is 0 Å². The van der Waals surface area contributed by atoms with Crippen LogP contribution < -0.4 is 16.4 Å². The molecule has 10 heteroatoms. The van der Waals surface area contributed by atoms with E-state index < -0.39 is 17.5 Å². The van der Waals surface area contributed by atoms with Gasteiger partial charge >= 0.3 is 0 Å². The quantitative estimate of drug-likeness (QED) is 0.547. The van der Waals surface area contributed by atoms with E-state index in [2.05, 4.69) is 25.9 Å². The van der Waals surface area contributed by atoms with E-state index in [4.69, 9.17) is 5.73 Å². The molecule has 4 N–H and O–H groups in total. The summed E-state index contributed by atoms with van der Waals surface area (Å²) in [7, 11) is 0. The minimum absolute atomic E-state index is 0.0609. The summed E-state index contributed by atoms with van der Waals surface area (Å²) in [5.74, 6) is -2.33. The number of halogens is 2. The largest absolute Gasteiger partial charge is 0.379 e. The zero-order chi connectivity index (χ0) is 21.1. The van der Waals surface area contributed by atoms with Crippen molar-refractivity contribution in [2.75, 3.05) is 10.6 Å². The summed E-state index contributed by atoms with van der Waals surface area (Å²) in [6.45, 7) is -0.0609. The normalized spacial score (nSPS) is 14.1. The molecule has 3 aromatic rings. The molecule has 1 fully saturated rings. The number of carbonyl (C=O) groups excluding carboxylic acids is 1. The van der Waals surface area contributed by atoms with Crippen molar-refractivity contribution in [1.82, 2.24) is 20.0 Å². The van der Waals surface area contributed by atoms with Gasteiger partial charge in [-0.15, -0.1) is 10.2 Å². The molecule has 0 aliphatic heterocycles. The van der Waals surface area contributed by atoms with Crippen molar-refractivity contribution in [2.45, 2.75) is 38.3 Å². The molecule has 0 bridgehead atoms. The van der Waals surface area contributed by atoms with E-state index in [-0.39, 0.29) is 23.5 Å². The maximum atomic E-state index is 13.9. The molecule has 0 unspecified atom stereocenters. The lowest BCUT2D eigenvalue weighted by atomic mass is 10.2. The second-order valence-corrected chi connectivity index (χ2v) is 7.19. The third-order valence-electron chi connectivity index (χ3n) is 5.10. The monoisotopic (exact) mass is 413 g/mol. The molecular formula is C20H21F2N7O. The lowest BCUT2D eigenvalue weighted by Gasteiger charge is -2.12. The Labute approximate surface area is 171 Å². The predicted molar refractivity (Wildman–Crippen MR) is 107 cm³/mol. The first kappa shape index (κ1) is 19.7. The number of carbonyl (C=O) groups is 1. The Morgan fingerprint density at radius 1 is 1.23 bits per heavy atom. The highest BCUT2D eigenvalue weighted by Gasteiger charge is 2.18. The van der Waals surface area contributed by atoms with Gasteiger partial charge in [0, 0.05) is 24.4 Å². The lowest BCUT2D eigenvalue weighted by Crippen LogP contribution is -2.18. The number of nitrogens with two attached hydrogens (primary N) is 1. The summed E-state index contributed by atoms with van der Waals surface area (Å²) >= 11 is 0. The summed E-state index contributed by atoms with van der Waals surface area (Å²) in [6, 6.07) is 5.83. The minimum Gasteiger partial charge on any atom is -0.379 e. The summed E-state index contributed by atoms with van der Waals surface area (Å²) in [5, 5.41) is 18.2. The van der Waals surface area contributed by atoms with E-state index in [0.717, 1.165) is 24.6 Å². The second-order valence-electron chi connectivity index (χ2n) is 7.19. The van der Waals surface area contributed by atoms with Gasteiger partial charge in [-0.05, 0) is 18.9 Å². The molecule has 156 valence electrons. The fourth-order valence-corrected chi connectivity index (χ4v) is 3.56. The van der Waals surface area contributed by atoms with Gasteiger partial charge in [0.2, 0.25) is 0 Å². The molecule has 1 aliphatic carbocycles. The first-order valence-corrected chi connectivity index (χ1v) is 9.66. The number of hydrogen-bond donors (Lipinski definition) is 3. The Bertz CT molecular complexity index is 1060. The van der Waals surface area contributed by atoms with Gasteiger partial charge in [-0.25, -0.2) is 8.78 Å². The average Bonchev–Trinajstić information content (AvgIpc) is 3.41. The fraction of sp³-hybridized carbons (Fsp3) is 0.300. The molecule has 0 radical (unpaired) electrons. The Hall–Kier alpha value is -3.56. The third kappa shape index (κ3) is 4.22. The van der Waals surface area contributed by atoms with Crippen LogP contribution in [0.1, 0.15) is 47.8 Å². The minimum atomic E-state index is -0.953. The van der Waals surface area contributed by atoms with Crippen LogP contribution in [0.5, 0.6) is 0 Å². The van der Waals surface area contributed by atoms with Gasteiger partial charge in [-0.2, -0.15) is 5.10 Å². The molecule has 0 spiro atoms. The van der Waals surface area contributed by atoms with E-state index >= 15 is 0 Å². The molecule has 4 rings (SSSR count). The van der Waals surface area contributed by atoms with Crippen molar-refractivity contribution in [3.05, 3.63) is 59.6 Å². The number of anilines is 3. The van der Waals surface area contributed by atoms with Crippen LogP contribution in [0.25, 0.3) is 0 Å². The van der Waals surface area contributed by atoms with Gasteiger partial charge in [-0.1, -0.05) is 25.0 Å². The second kappa shape index (κ2) is 8.44.